The fraction of sp³-hybridized carbons (Fsp3) is 0.538. The summed E-state index contributed by atoms with van der Waals surface area (Å²) in [5, 5.41) is 0. The SMILES string of the molecule is Nc1ccc2c(c1)N(S(=O)(=O)CCCC(F)(F)F)CCC2. The Morgan fingerprint density at radius 1 is 1.29 bits per heavy atom. The van der Waals surface area contributed by atoms with Crippen LogP contribution >= 0.6 is 0 Å². The number of sulfonamides is 1. The van der Waals surface area contributed by atoms with E-state index in [0.29, 0.717) is 17.8 Å². The number of aryl methyl sites for hydroxylation is 1. The molecule has 1 aliphatic rings. The van der Waals surface area contributed by atoms with Gasteiger partial charge in [-0.15, -0.1) is 0 Å². The quantitative estimate of drug-likeness (QED) is 0.867. The third kappa shape index (κ3) is 4.03. The van der Waals surface area contributed by atoms with Crippen molar-refractivity contribution in [3.8, 4) is 0 Å². The molecule has 8 heteroatoms. The van der Waals surface area contributed by atoms with Crippen molar-refractivity contribution in [3.05, 3.63) is 23.8 Å². The summed E-state index contributed by atoms with van der Waals surface area (Å²) in [6.07, 6.45) is -4.47. The Morgan fingerprint density at radius 3 is 2.67 bits per heavy atom. The Labute approximate surface area is 121 Å². The maximum atomic E-state index is 12.3. The topological polar surface area (TPSA) is 63.4 Å². The average molecular weight is 322 g/mol. The van der Waals surface area contributed by atoms with Gasteiger partial charge in [-0.3, -0.25) is 4.31 Å². The first kappa shape index (κ1) is 15.9. The monoisotopic (exact) mass is 322 g/mol. The van der Waals surface area contributed by atoms with Gasteiger partial charge in [0.05, 0.1) is 11.4 Å². The van der Waals surface area contributed by atoms with Gasteiger partial charge in [0.25, 0.3) is 0 Å². The number of nitrogens with two attached hydrogens (primary N) is 1. The Hall–Kier alpha value is -1.44. The van der Waals surface area contributed by atoms with Gasteiger partial charge in [0, 0.05) is 18.7 Å². The van der Waals surface area contributed by atoms with Crippen LogP contribution in [0.4, 0.5) is 24.5 Å². The van der Waals surface area contributed by atoms with E-state index >= 15 is 0 Å². The second-order valence-corrected chi connectivity index (χ2v) is 7.11. The van der Waals surface area contributed by atoms with Crippen molar-refractivity contribution in [1.29, 1.82) is 0 Å². The zero-order valence-corrected chi connectivity index (χ0v) is 12.2. The number of alkyl halides is 3. The van der Waals surface area contributed by atoms with Crippen LogP contribution in [-0.4, -0.2) is 26.9 Å². The molecule has 0 saturated heterocycles. The van der Waals surface area contributed by atoms with Gasteiger partial charge in [-0.25, -0.2) is 8.42 Å². The Bertz CT molecular complexity index is 614. The molecule has 0 saturated carbocycles. The van der Waals surface area contributed by atoms with E-state index in [1.54, 1.807) is 18.2 Å². The highest BCUT2D eigenvalue weighted by molar-refractivity contribution is 7.92. The van der Waals surface area contributed by atoms with Crippen molar-refractivity contribution in [2.45, 2.75) is 31.9 Å². The molecule has 0 aromatic heterocycles. The van der Waals surface area contributed by atoms with E-state index in [-0.39, 0.29) is 6.54 Å². The Kier molecular flexibility index (Phi) is 4.36. The average Bonchev–Trinajstić information content (AvgIpc) is 2.36. The number of hydrogen-bond donors (Lipinski definition) is 1. The molecule has 1 aliphatic heterocycles. The summed E-state index contributed by atoms with van der Waals surface area (Å²) in [7, 11) is -3.76. The molecule has 0 fully saturated rings. The van der Waals surface area contributed by atoms with E-state index in [2.05, 4.69) is 0 Å². The van der Waals surface area contributed by atoms with Crippen LogP contribution in [0.15, 0.2) is 18.2 Å². The van der Waals surface area contributed by atoms with Gasteiger partial charge < -0.3 is 5.73 Å². The van der Waals surface area contributed by atoms with Crippen molar-refractivity contribution >= 4 is 21.4 Å². The second-order valence-electron chi connectivity index (χ2n) is 5.10. The first-order valence-electron chi connectivity index (χ1n) is 6.65. The molecule has 0 bridgehead atoms. The highest BCUT2D eigenvalue weighted by atomic mass is 32.2. The van der Waals surface area contributed by atoms with E-state index in [1.807, 2.05) is 0 Å². The van der Waals surface area contributed by atoms with Crippen LogP contribution in [0.2, 0.25) is 0 Å². The van der Waals surface area contributed by atoms with Crippen LogP contribution in [0.25, 0.3) is 0 Å². The smallest absolute Gasteiger partial charge is 0.389 e. The van der Waals surface area contributed by atoms with Crippen LogP contribution in [0.5, 0.6) is 0 Å². The maximum absolute atomic E-state index is 12.3. The van der Waals surface area contributed by atoms with Crippen molar-refractivity contribution in [3.63, 3.8) is 0 Å². The molecule has 0 aliphatic carbocycles. The van der Waals surface area contributed by atoms with E-state index in [9.17, 15) is 21.6 Å². The zero-order valence-electron chi connectivity index (χ0n) is 11.4. The van der Waals surface area contributed by atoms with Crippen LogP contribution in [0.3, 0.4) is 0 Å². The maximum Gasteiger partial charge on any atom is 0.389 e. The lowest BCUT2D eigenvalue weighted by atomic mass is 10.0. The van der Waals surface area contributed by atoms with Gasteiger partial charge in [-0.1, -0.05) is 6.07 Å². The molecule has 1 aromatic carbocycles. The lowest BCUT2D eigenvalue weighted by molar-refractivity contribution is -0.134. The molecular weight excluding hydrogens is 305 g/mol. The van der Waals surface area contributed by atoms with Crippen molar-refractivity contribution in [2.24, 2.45) is 0 Å². The highest BCUT2D eigenvalue weighted by Crippen LogP contribution is 2.32. The first-order valence-corrected chi connectivity index (χ1v) is 8.25. The molecular formula is C13H17F3N2O2S. The second kappa shape index (κ2) is 5.75. The third-order valence-electron chi connectivity index (χ3n) is 3.38. The summed E-state index contributed by atoms with van der Waals surface area (Å²) in [5.41, 5.74) is 7.46. The number of fused-ring (bicyclic) bond motifs is 1. The normalized spacial score (nSPS) is 15.9. The predicted molar refractivity (Wildman–Crippen MR) is 75.6 cm³/mol. The highest BCUT2D eigenvalue weighted by Gasteiger charge is 2.31. The lowest BCUT2D eigenvalue weighted by Gasteiger charge is -2.30. The first-order chi connectivity index (χ1) is 9.69. The summed E-state index contributed by atoms with van der Waals surface area (Å²) >= 11 is 0. The van der Waals surface area contributed by atoms with Gasteiger partial charge in [0.2, 0.25) is 10.0 Å². The third-order valence-corrected chi connectivity index (χ3v) is 5.24. The molecule has 2 N–H and O–H groups in total. The predicted octanol–water partition coefficient (Wildman–Crippen LogP) is 2.69. The molecule has 4 nitrogen and oxygen atoms in total. The number of rotatable bonds is 4. The van der Waals surface area contributed by atoms with Crippen LogP contribution in [-0.2, 0) is 16.4 Å². The number of nitrogens with zero attached hydrogens (tertiary/aromatic N) is 1. The molecule has 0 amide bonds. The minimum atomic E-state index is -4.33. The molecule has 0 radical (unpaired) electrons. The zero-order chi connectivity index (χ0) is 15.7. The fourth-order valence-electron chi connectivity index (χ4n) is 2.41. The van der Waals surface area contributed by atoms with Crippen LogP contribution in [0.1, 0.15) is 24.8 Å². The van der Waals surface area contributed by atoms with E-state index in [4.69, 9.17) is 5.73 Å². The molecule has 0 spiro atoms. The molecule has 21 heavy (non-hydrogen) atoms. The Morgan fingerprint density at radius 2 is 2.00 bits per heavy atom. The van der Waals surface area contributed by atoms with Gasteiger partial charge in [0.15, 0.2) is 0 Å². The lowest BCUT2D eigenvalue weighted by Crippen LogP contribution is -2.37. The van der Waals surface area contributed by atoms with Crippen molar-refractivity contribution in [1.82, 2.24) is 0 Å². The largest absolute Gasteiger partial charge is 0.399 e. The van der Waals surface area contributed by atoms with Crippen LogP contribution < -0.4 is 10.0 Å². The molecule has 0 unspecified atom stereocenters. The number of benzene rings is 1. The molecule has 2 rings (SSSR count). The molecule has 1 aromatic rings. The fourth-order valence-corrected chi connectivity index (χ4v) is 4.02. The van der Waals surface area contributed by atoms with Gasteiger partial charge >= 0.3 is 6.18 Å². The summed E-state index contributed by atoms with van der Waals surface area (Å²) in [4.78, 5) is 0. The van der Waals surface area contributed by atoms with Gasteiger partial charge in [0.1, 0.15) is 0 Å². The number of halogens is 3. The molecule has 118 valence electrons. The summed E-state index contributed by atoms with van der Waals surface area (Å²) < 4.78 is 62.1. The van der Waals surface area contributed by atoms with E-state index in [1.165, 1.54) is 4.31 Å². The van der Waals surface area contributed by atoms with E-state index in [0.717, 1.165) is 12.0 Å². The summed E-state index contributed by atoms with van der Waals surface area (Å²) in [6, 6.07) is 5.02. The standard InChI is InChI=1S/C13H17F3N2O2S/c14-13(15,16)6-2-8-21(19,20)18-7-1-3-10-4-5-11(17)9-12(10)18/h4-5,9H,1-3,6-8,17H2. The summed E-state index contributed by atoms with van der Waals surface area (Å²) in [6.45, 7) is 0.283. The van der Waals surface area contributed by atoms with Crippen molar-refractivity contribution in [2.75, 3.05) is 22.3 Å². The molecule has 1 heterocycles. The minimum absolute atomic E-state index is 0.283. The van der Waals surface area contributed by atoms with Crippen molar-refractivity contribution < 1.29 is 21.6 Å². The Balaban J connectivity index is 2.17. The van der Waals surface area contributed by atoms with E-state index < -0.39 is 34.8 Å². The van der Waals surface area contributed by atoms with Gasteiger partial charge in [-0.05, 0) is 37.0 Å². The number of hydrogen-bond acceptors (Lipinski definition) is 3. The number of nitrogen functional groups attached to an aromatic ring is 1. The summed E-state index contributed by atoms with van der Waals surface area (Å²) in [5.74, 6) is -0.513. The minimum Gasteiger partial charge on any atom is -0.399 e. The molecule has 0 atom stereocenters. The van der Waals surface area contributed by atoms with Crippen LogP contribution in [0, 0.1) is 0 Å². The number of anilines is 2. The van der Waals surface area contributed by atoms with Gasteiger partial charge in [-0.2, -0.15) is 13.2 Å².